The van der Waals surface area contributed by atoms with E-state index in [9.17, 15) is 0 Å². The van der Waals surface area contributed by atoms with Crippen LogP contribution in [0, 0.1) is 25.2 Å². The lowest BCUT2D eigenvalue weighted by atomic mass is 9.90. The van der Waals surface area contributed by atoms with Gasteiger partial charge in [-0.2, -0.15) is 13.3 Å². The second-order valence-electron chi connectivity index (χ2n) is 11.5. The minimum Gasteiger partial charge on any atom is -0.174 e. The first-order valence-electron chi connectivity index (χ1n) is 12.9. The van der Waals surface area contributed by atoms with E-state index in [1.54, 1.807) is 10.6 Å². The average Bonchev–Trinajstić information content (AvgIpc) is 3.57. The third kappa shape index (κ3) is 2.23. The monoisotopic (exact) mass is 436 g/mol. The van der Waals surface area contributed by atoms with Crippen LogP contribution in [0.5, 0.6) is 0 Å². The summed E-state index contributed by atoms with van der Waals surface area (Å²) in [6.07, 6.45) is 17.4. The van der Waals surface area contributed by atoms with Gasteiger partial charge in [0.05, 0.1) is 22.6 Å². The van der Waals surface area contributed by atoms with Gasteiger partial charge in [-0.15, -0.1) is 0 Å². The Labute approximate surface area is 185 Å². The first kappa shape index (κ1) is 19.3. The van der Waals surface area contributed by atoms with Crippen LogP contribution in [0.1, 0.15) is 77.0 Å². The second-order valence-corrected chi connectivity index (χ2v) is 18.8. The highest BCUT2D eigenvalue weighted by molar-refractivity contribution is 7.91. The molecule has 2 aliphatic heterocycles. The first-order valence-corrected chi connectivity index (χ1v) is 17.1. The second kappa shape index (κ2) is 6.67. The fraction of sp³-hybridized carbons (Fsp3) is 0.643. The van der Waals surface area contributed by atoms with E-state index in [-0.39, 0.29) is 0 Å². The molecule has 1 aromatic rings. The number of hydrogen-bond donors (Lipinski definition) is 0. The molecule has 0 bridgehead atoms. The van der Waals surface area contributed by atoms with Gasteiger partial charge in [0.25, 0.3) is 0 Å². The average molecular weight is 437 g/mol. The molecular weight excluding hydrogens is 398 g/mol. The summed E-state index contributed by atoms with van der Waals surface area (Å²) in [5, 5.41) is 3.59. The molecule has 6 atom stereocenters. The number of fused-ring (bicyclic) bond motifs is 5. The quantitative estimate of drug-likeness (QED) is 0.259. The van der Waals surface area contributed by atoms with Gasteiger partial charge in [0.2, 0.25) is 0 Å². The molecule has 0 unspecified atom stereocenters. The fourth-order valence-electron chi connectivity index (χ4n) is 9.83. The Hall–Kier alpha value is -0.180. The van der Waals surface area contributed by atoms with Crippen molar-refractivity contribution < 1.29 is 0 Å². The van der Waals surface area contributed by atoms with Gasteiger partial charge in [0.1, 0.15) is 10.6 Å². The number of hydrogen-bond acceptors (Lipinski definition) is 0. The van der Waals surface area contributed by atoms with Gasteiger partial charge in [-0.1, -0.05) is 26.7 Å². The van der Waals surface area contributed by atoms with E-state index in [2.05, 4.69) is 24.3 Å². The molecular formula is C28H38P2. The van der Waals surface area contributed by atoms with Crippen molar-refractivity contribution >= 4 is 25.1 Å². The van der Waals surface area contributed by atoms with Crippen LogP contribution in [0.2, 0.25) is 0 Å². The van der Waals surface area contributed by atoms with Crippen molar-refractivity contribution in [3.63, 3.8) is 0 Å². The van der Waals surface area contributed by atoms with Crippen LogP contribution in [0.3, 0.4) is 0 Å². The normalized spacial score (nSPS) is 45.7. The molecule has 4 aliphatic carbocycles. The zero-order valence-corrected chi connectivity index (χ0v) is 20.4. The SMILES string of the molecule is [CH2-][P+]1(c2ccccc2[P+]2([CH2-])[C@@H]3CCC[C@@H]3[C@H]3CCC[C@H]32)[C@@H]2CCCC2=C2CCC[C@H]21. The van der Waals surface area contributed by atoms with Crippen molar-refractivity contribution in [2.24, 2.45) is 11.8 Å². The van der Waals surface area contributed by atoms with E-state index < -0.39 is 14.5 Å². The molecule has 1 aromatic carbocycles. The van der Waals surface area contributed by atoms with E-state index >= 15 is 0 Å². The summed E-state index contributed by atoms with van der Waals surface area (Å²) in [6, 6.07) is 9.93. The summed E-state index contributed by atoms with van der Waals surface area (Å²) in [7, 11) is -2.79. The Balaban J connectivity index is 1.41. The molecule has 1 saturated heterocycles. The van der Waals surface area contributed by atoms with Crippen molar-refractivity contribution in [3.8, 4) is 0 Å². The standard InChI is InChI=1S/C28H38P2/c1-29(23-15-5-9-19(23)20-10-6-16-24(20)29)27-13-3-4-14-28(27)30(2)25-17-7-11-21(25)22-12-8-18-26(22)30/h3-4,13-14,19-20,23-26H,1-2,5-12,15-18H2/t19-,20-,23-,24-,25-,26-/m1/s1. The van der Waals surface area contributed by atoms with Crippen LogP contribution in [-0.4, -0.2) is 22.6 Å². The van der Waals surface area contributed by atoms with Gasteiger partial charge in [-0.3, -0.25) is 0 Å². The van der Waals surface area contributed by atoms with Gasteiger partial charge in [0, 0.05) is 0 Å². The van der Waals surface area contributed by atoms with E-state index in [1.165, 1.54) is 77.0 Å². The molecule has 160 valence electrons. The van der Waals surface area contributed by atoms with Crippen LogP contribution in [0.25, 0.3) is 0 Å². The van der Waals surface area contributed by atoms with Gasteiger partial charge < -0.3 is 0 Å². The Bertz CT molecular complexity index is 846. The van der Waals surface area contributed by atoms with E-state index in [0.717, 1.165) is 34.5 Å². The van der Waals surface area contributed by atoms with Crippen LogP contribution >= 0.6 is 14.5 Å². The number of allylic oxidation sites excluding steroid dienone is 2. The van der Waals surface area contributed by atoms with Crippen molar-refractivity contribution in [2.75, 3.05) is 0 Å². The predicted octanol–water partition coefficient (Wildman–Crippen LogP) is 7.32. The van der Waals surface area contributed by atoms with Gasteiger partial charge in [-0.05, 0) is 112 Å². The van der Waals surface area contributed by atoms with Gasteiger partial charge >= 0.3 is 0 Å². The molecule has 30 heavy (non-hydrogen) atoms. The first-order chi connectivity index (χ1) is 14.6. The summed E-state index contributed by atoms with van der Waals surface area (Å²) in [5.41, 5.74) is 7.40. The summed E-state index contributed by atoms with van der Waals surface area (Å²) >= 11 is 0. The van der Waals surface area contributed by atoms with Crippen LogP contribution in [0.4, 0.5) is 0 Å². The molecule has 0 radical (unpaired) electrons. The highest BCUT2D eigenvalue weighted by atomic mass is 31.2. The predicted molar refractivity (Wildman–Crippen MR) is 135 cm³/mol. The molecule has 2 heterocycles. The van der Waals surface area contributed by atoms with Crippen molar-refractivity contribution in [1.29, 1.82) is 0 Å². The Kier molecular flexibility index (Phi) is 4.29. The van der Waals surface area contributed by atoms with E-state index in [0.29, 0.717) is 0 Å². The highest BCUT2D eigenvalue weighted by Gasteiger charge is 2.65. The molecule has 0 N–H and O–H groups in total. The molecule has 6 aliphatic rings. The summed E-state index contributed by atoms with van der Waals surface area (Å²) in [6.45, 7) is 10.7. The Morgan fingerprint density at radius 2 is 1.10 bits per heavy atom. The van der Waals surface area contributed by atoms with E-state index in [1.807, 2.05) is 11.1 Å². The zero-order valence-electron chi connectivity index (χ0n) is 18.6. The van der Waals surface area contributed by atoms with Crippen LogP contribution in [-0.2, 0) is 0 Å². The lowest BCUT2D eigenvalue weighted by molar-refractivity contribution is 0.384. The topological polar surface area (TPSA) is 0 Å². The summed E-state index contributed by atoms with van der Waals surface area (Å²) in [5.74, 6) is 2.03. The lowest BCUT2D eigenvalue weighted by Crippen LogP contribution is -2.38. The summed E-state index contributed by atoms with van der Waals surface area (Å²) < 4.78 is 0. The zero-order chi connectivity index (χ0) is 20.1. The largest absolute Gasteiger partial charge is 0.174 e. The minimum atomic E-state index is -1.42. The van der Waals surface area contributed by atoms with Crippen LogP contribution in [0.15, 0.2) is 35.4 Å². The maximum absolute atomic E-state index is 5.35. The third-order valence-corrected chi connectivity index (χ3v) is 20.5. The van der Waals surface area contributed by atoms with E-state index in [4.69, 9.17) is 13.3 Å². The Morgan fingerprint density at radius 3 is 1.63 bits per heavy atom. The van der Waals surface area contributed by atoms with Crippen LogP contribution < -0.4 is 10.6 Å². The van der Waals surface area contributed by atoms with Crippen molar-refractivity contribution in [2.45, 2.75) is 99.7 Å². The molecule has 0 nitrogen and oxygen atoms in total. The molecule has 2 heteroatoms. The number of rotatable bonds is 2. The molecule has 7 rings (SSSR count). The van der Waals surface area contributed by atoms with Crippen molar-refractivity contribution in [3.05, 3.63) is 48.7 Å². The lowest BCUT2D eigenvalue weighted by Gasteiger charge is -2.43. The van der Waals surface area contributed by atoms with Crippen molar-refractivity contribution in [1.82, 2.24) is 0 Å². The smallest absolute Gasteiger partial charge is 0.105 e. The molecule has 0 spiro atoms. The van der Waals surface area contributed by atoms with Gasteiger partial charge in [0.15, 0.2) is 0 Å². The Morgan fingerprint density at radius 1 is 0.600 bits per heavy atom. The summed E-state index contributed by atoms with van der Waals surface area (Å²) in [4.78, 5) is 0. The maximum atomic E-state index is 5.35. The highest BCUT2D eigenvalue weighted by Crippen LogP contribution is 2.83. The molecule has 5 fully saturated rings. The fourth-order valence-corrected chi connectivity index (χ4v) is 21.4. The van der Waals surface area contributed by atoms with Gasteiger partial charge in [-0.25, -0.2) is 0 Å². The molecule has 4 saturated carbocycles. The number of benzene rings is 1. The minimum absolute atomic E-state index is 0.840. The third-order valence-electron chi connectivity index (χ3n) is 10.8. The molecule has 0 amide bonds. The maximum Gasteiger partial charge on any atom is 0.105 e. The molecule has 0 aromatic heterocycles.